The quantitative estimate of drug-likeness (QED) is 0.802. The van der Waals surface area contributed by atoms with Crippen LogP contribution in [0, 0.1) is 0 Å². The van der Waals surface area contributed by atoms with Crippen LogP contribution in [0.1, 0.15) is 37.0 Å². The Morgan fingerprint density at radius 1 is 1.25 bits per heavy atom. The molecule has 0 radical (unpaired) electrons. The maximum Gasteiger partial charge on any atom is 0.225 e. The molecule has 1 unspecified atom stereocenters. The smallest absolute Gasteiger partial charge is 0.225 e. The van der Waals surface area contributed by atoms with Crippen molar-refractivity contribution in [2.75, 3.05) is 11.5 Å². The van der Waals surface area contributed by atoms with Gasteiger partial charge >= 0.3 is 0 Å². The average Bonchev–Trinajstić information content (AvgIpc) is 2.89. The van der Waals surface area contributed by atoms with E-state index in [1.807, 2.05) is 4.57 Å². The lowest BCUT2D eigenvalue weighted by Crippen LogP contribution is -2.13. The van der Waals surface area contributed by atoms with Crippen LogP contribution < -0.4 is 0 Å². The van der Waals surface area contributed by atoms with E-state index in [0.29, 0.717) is 17.6 Å². The molecule has 0 amide bonds. The minimum atomic E-state index is -2.90. The van der Waals surface area contributed by atoms with Crippen molar-refractivity contribution in [1.82, 2.24) is 14.8 Å². The first-order valence-electron chi connectivity index (χ1n) is 5.37. The Balaban J connectivity index is 1.97. The van der Waals surface area contributed by atoms with Crippen LogP contribution in [0.2, 0.25) is 5.28 Å². The number of nitrogens with zero attached hydrogens (tertiary/aromatic N) is 3. The lowest BCUT2D eigenvalue weighted by Gasteiger charge is -2.13. The van der Waals surface area contributed by atoms with Gasteiger partial charge in [-0.3, -0.25) is 4.57 Å². The minimum Gasteiger partial charge on any atom is -0.297 e. The van der Waals surface area contributed by atoms with Crippen molar-refractivity contribution in [1.29, 1.82) is 0 Å². The highest BCUT2D eigenvalue weighted by Gasteiger charge is 2.36. The van der Waals surface area contributed by atoms with Gasteiger partial charge in [0.2, 0.25) is 5.28 Å². The Labute approximate surface area is 98.7 Å². The van der Waals surface area contributed by atoms with Gasteiger partial charge in [-0.15, -0.1) is 10.2 Å². The van der Waals surface area contributed by atoms with Crippen LogP contribution in [-0.4, -0.2) is 34.7 Å². The summed E-state index contributed by atoms with van der Waals surface area (Å²) in [4.78, 5) is 0. The van der Waals surface area contributed by atoms with E-state index in [4.69, 9.17) is 11.6 Å². The predicted molar refractivity (Wildman–Crippen MR) is 59.3 cm³/mol. The van der Waals surface area contributed by atoms with Crippen molar-refractivity contribution in [3.8, 4) is 0 Å². The molecule has 16 heavy (non-hydrogen) atoms. The van der Waals surface area contributed by atoms with Crippen molar-refractivity contribution in [2.45, 2.75) is 31.2 Å². The number of hydrogen-bond donors (Lipinski definition) is 0. The number of halogens is 1. The number of rotatable bonds is 2. The van der Waals surface area contributed by atoms with Crippen LogP contribution >= 0.6 is 11.6 Å². The second-order valence-corrected chi connectivity index (χ2v) is 7.10. The molecule has 1 atom stereocenters. The molecule has 1 aromatic rings. The van der Waals surface area contributed by atoms with E-state index in [2.05, 4.69) is 10.2 Å². The highest BCUT2D eigenvalue weighted by molar-refractivity contribution is 7.91. The van der Waals surface area contributed by atoms with Gasteiger partial charge in [-0.2, -0.15) is 0 Å². The topological polar surface area (TPSA) is 64.8 Å². The van der Waals surface area contributed by atoms with Crippen LogP contribution in [0.3, 0.4) is 0 Å². The number of hydrogen-bond acceptors (Lipinski definition) is 4. The molecule has 2 aliphatic rings. The third kappa shape index (κ3) is 1.73. The summed E-state index contributed by atoms with van der Waals surface area (Å²) in [6.07, 6.45) is 2.84. The van der Waals surface area contributed by atoms with Crippen LogP contribution in [0.25, 0.3) is 0 Å². The van der Waals surface area contributed by atoms with Crippen LogP contribution in [0.15, 0.2) is 0 Å². The number of aromatic nitrogens is 3. The maximum atomic E-state index is 11.4. The lowest BCUT2D eigenvalue weighted by molar-refractivity contribution is 0.532. The van der Waals surface area contributed by atoms with Crippen molar-refractivity contribution in [3.63, 3.8) is 0 Å². The monoisotopic (exact) mass is 261 g/mol. The van der Waals surface area contributed by atoms with E-state index < -0.39 is 9.84 Å². The predicted octanol–water partition coefficient (Wildman–Crippen LogP) is 1.17. The van der Waals surface area contributed by atoms with E-state index in [-0.39, 0.29) is 17.5 Å². The van der Waals surface area contributed by atoms with Gasteiger partial charge in [0.1, 0.15) is 5.82 Å². The Kier molecular flexibility index (Phi) is 2.26. The Morgan fingerprint density at radius 3 is 2.56 bits per heavy atom. The third-order valence-corrected chi connectivity index (χ3v) is 5.20. The molecule has 1 aliphatic heterocycles. The lowest BCUT2D eigenvalue weighted by atomic mass is 10.2. The summed E-state index contributed by atoms with van der Waals surface area (Å²) < 4.78 is 24.7. The molecule has 1 saturated heterocycles. The van der Waals surface area contributed by atoms with Gasteiger partial charge < -0.3 is 0 Å². The second kappa shape index (κ2) is 3.43. The van der Waals surface area contributed by atoms with E-state index in [1.54, 1.807) is 0 Å². The summed E-state index contributed by atoms with van der Waals surface area (Å²) >= 11 is 5.98. The summed E-state index contributed by atoms with van der Waals surface area (Å²) in [7, 11) is -2.90. The third-order valence-electron chi connectivity index (χ3n) is 3.20. The Hall–Kier alpha value is -0.620. The Bertz CT molecular complexity index is 521. The Morgan fingerprint density at radius 2 is 2.00 bits per heavy atom. The average molecular weight is 262 g/mol. The molecule has 88 valence electrons. The van der Waals surface area contributed by atoms with Gasteiger partial charge in [0.15, 0.2) is 9.84 Å². The molecule has 7 heteroatoms. The van der Waals surface area contributed by atoms with E-state index in [0.717, 1.165) is 18.7 Å². The van der Waals surface area contributed by atoms with Gasteiger partial charge in [-0.25, -0.2) is 8.42 Å². The molecule has 0 spiro atoms. The molecule has 0 bridgehead atoms. The van der Waals surface area contributed by atoms with E-state index in [9.17, 15) is 8.42 Å². The summed E-state index contributed by atoms with van der Waals surface area (Å²) in [6.45, 7) is 0. The molecule has 2 heterocycles. The second-order valence-electron chi connectivity index (χ2n) is 4.53. The molecule has 3 rings (SSSR count). The highest BCUT2D eigenvalue weighted by Crippen LogP contribution is 2.41. The fourth-order valence-corrected chi connectivity index (χ4v) is 4.18. The zero-order valence-corrected chi connectivity index (χ0v) is 10.2. The SMILES string of the molecule is O=S1(=O)CCC(n2c(Cl)nnc2C2CC2)C1. The van der Waals surface area contributed by atoms with Crippen molar-refractivity contribution in [2.24, 2.45) is 0 Å². The van der Waals surface area contributed by atoms with E-state index >= 15 is 0 Å². The van der Waals surface area contributed by atoms with Gasteiger partial charge in [-0.05, 0) is 30.9 Å². The summed E-state index contributed by atoms with van der Waals surface area (Å²) in [5.74, 6) is 1.72. The first kappa shape index (κ1) is 10.5. The molecule has 1 saturated carbocycles. The number of sulfone groups is 1. The summed E-state index contributed by atoms with van der Waals surface area (Å²) in [5.41, 5.74) is 0. The molecule has 2 fully saturated rings. The van der Waals surface area contributed by atoms with Gasteiger partial charge in [0, 0.05) is 5.92 Å². The zero-order valence-electron chi connectivity index (χ0n) is 8.63. The molecular weight excluding hydrogens is 250 g/mol. The first-order chi connectivity index (χ1) is 7.57. The van der Waals surface area contributed by atoms with Crippen molar-refractivity contribution in [3.05, 3.63) is 11.1 Å². The first-order valence-corrected chi connectivity index (χ1v) is 7.57. The zero-order chi connectivity index (χ0) is 11.3. The minimum absolute atomic E-state index is 0.0666. The molecule has 5 nitrogen and oxygen atoms in total. The van der Waals surface area contributed by atoms with Crippen LogP contribution in [0.5, 0.6) is 0 Å². The van der Waals surface area contributed by atoms with Gasteiger partial charge in [0.05, 0.1) is 17.5 Å². The maximum absolute atomic E-state index is 11.4. The van der Waals surface area contributed by atoms with Gasteiger partial charge in [0.25, 0.3) is 0 Å². The fraction of sp³-hybridized carbons (Fsp3) is 0.778. The summed E-state index contributed by atoms with van der Waals surface area (Å²) in [5, 5.41) is 8.23. The van der Waals surface area contributed by atoms with Crippen LogP contribution in [-0.2, 0) is 9.84 Å². The highest BCUT2D eigenvalue weighted by atomic mass is 35.5. The van der Waals surface area contributed by atoms with Gasteiger partial charge in [-0.1, -0.05) is 0 Å². The normalized spacial score (nSPS) is 28.4. The molecular formula is C9H12ClN3O2S. The largest absolute Gasteiger partial charge is 0.297 e. The van der Waals surface area contributed by atoms with Crippen molar-refractivity contribution >= 4 is 21.4 Å². The standard InChI is InChI=1S/C9H12ClN3O2S/c10-9-12-11-8(6-1-2-6)13(9)7-3-4-16(14,15)5-7/h6-7H,1-5H2. The molecule has 0 N–H and O–H groups in total. The summed E-state index contributed by atoms with van der Waals surface area (Å²) in [6, 6.07) is -0.0666. The fourth-order valence-electron chi connectivity index (χ4n) is 2.22. The molecule has 0 aromatic carbocycles. The van der Waals surface area contributed by atoms with Crippen molar-refractivity contribution < 1.29 is 8.42 Å². The molecule has 1 aliphatic carbocycles. The molecule has 1 aromatic heterocycles. The van der Waals surface area contributed by atoms with Crippen LogP contribution in [0.4, 0.5) is 0 Å². The van der Waals surface area contributed by atoms with E-state index in [1.165, 1.54) is 0 Å².